The van der Waals surface area contributed by atoms with E-state index in [0.717, 1.165) is 0 Å². The molecule has 0 fully saturated rings. The Labute approximate surface area is 96.3 Å². The van der Waals surface area contributed by atoms with Crippen LogP contribution in [0.2, 0.25) is 0 Å². The van der Waals surface area contributed by atoms with Gasteiger partial charge in [-0.3, -0.25) is 0 Å². The lowest BCUT2D eigenvalue weighted by Gasteiger charge is -2.24. The van der Waals surface area contributed by atoms with Crippen LogP contribution in [0.15, 0.2) is 60.7 Å². The molecule has 1 atom stereocenters. The van der Waals surface area contributed by atoms with Crippen LogP contribution in [-0.2, 0) is 5.41 Å². The first-order valence-electron chi connectivity index (χ1n) is 5.65. The smallest absolute Gasteiger partial charge is 0.0362 e. The molecule has 0 radical (unpaired) electrons. The molecule has 0 amide bonds. The summed E-state index contributed by atoms with van der Waals surface area (Å²) in [5.74, 6) is 0. The molecule has 0 heterocycles. The molecule has 1 aliphatic rings. The van der Waals surface area contributed by atoms with Gasteiger partial charge in [0.15, 0.2) is 0 Å². The maximum atomic E-state index is 2.30. The SMILES string of the molecule is CC1(c2ccccc2)C=Cc2ccccc21. The second kappa shape index (κ2) is 3.34. The van der Waals surface area contributed by atoms with Crippen LogP contribution >= 0.6 is 0 Å². The third kappa shape index (κ3) is 1.23. The number of hydrogen-bond acceptors (Lipinski definition) is 0. The third-order valence-electron chi connectivity index (χ3n) is 3.49. The number of allylic oxidation sites excluding steroid dienone is 1. The van der Waals surface area contributed by atoms with E-state index in [4.69, 9.17) is 0 Å². The van der Waals surface area contributed by atoms with Crippen LogP contribution in [0, 0.1) is 0 Å². The van der Waals surface area contributed by atoms with Crippen LogP contribution in [0.25, 0.3) is 6.08 Å². The number of benzene rings is 2. The zero-order valence-electron chi connectivity index (χ0n) is 9.35. The molecule has 2 aromatic rings. The molecule has 0 nitrogen and oxygen atoms in total. The van der Waals surface area contributed by atoms with E-state index < -0.39 is 0 Å². The van der Waals surface area contributed by atoms with E-state index in [2.05, 4.69) is 73.7 Å². The topological polar surface area (TPSA) is 0 Å². The highest BCUT2D eigenvalue weighted by Crippen LogP contribution is 2.40. The Bertz CT molecular complexity index is 537. The molecule has 3 rings (SSSR count). The maximum Gasteiger partial charge on any atom is 0.0362 e. The molecule has 0 saturated heterocycles. The van der Waals surface area contributed by atoms with Gasteiger partial charge in [0.25, 0.3) is 0 Å². The van der Waals surface area contributed by atoms with Gasteiger partial charge in [-0.2, -0.15) is 0 Å². The summed E-state index contributed by atoms with van der Waals surface area (Å²) in [6.07, 6.45) is 4.52. The fourth-order valence-corrected chi connectivity index (χ4v) is 2.50. The van der Waals surface area contributed by atoms with E-state index in [1.54, 1.807) is 0 Å². The average Bonchev–Trinajstić information content (AvgIpc) is 2.71. The van der Waals surface area contributed by atoms with Gasteiger partial charge in [-0.15, -0.1) is 0 Å². The first-order valence-corrected chi connectivity index (χ1v) is 5.65. The Balaban J connectivity index is 2.19. The Morgan fingerprint density at radius 2 is 1.50 bits per heavy atom. The number of rotatable bonds is 1. The summed E-state index contributed by atoms with van der Waals surface area (Å²) in [6, 6.07) is 19.3. The quantitative estimate of drug-likeness (QED) is 0.661. The molecule has 0 saturated carbocycles. The lowest BCUT2D eigenvalue weighted by molar-refractivity contribution is 0.738. The average molecular weight is 206 g/mol. The molecular formula is C16H14. The van der Waals surface area contributed by atoms with Crippen LogP contribution in [0.5, 0.6) is 0 Å². The van der Waals surface area contributed by atoms with Gasteiger partial charge in [0, 0.05) is 5.41 Å². The molecule has 1 unspecified atom stereocenters. The second-order valence-corrected chi connectivity index (χ2v) is 4.49. The predicted octanol–water partition coefficient (Wildman–Crippen LogP) is 4.02. The van der Waals surface area contributed by atoms with Gasteiger partial charge in [0.2, 0.25) is 0 Å². The zero-order chi connectivity index (χ0) is 11.0. The molecular weight excluding hydrogens is 192 g/mol. The summed E-state index contributed by atoms with van der Waals surface area (Å²) >= 11 is 0. The monoisotopic (exact) mass is 206 g/mol. The second-order valence-electron chi connectivity index (χ2n) is 4.49. The highest BCUT2D eigenvalue weighted by molar-refractivity contribution is 5.68. The van der Waals surface area contributed by atoms with Crippen molar-refractivity contribution in [2.75, 3.05) is 0 Å². The van der Waals surface area contributed by atoms with Gasteiger partial charge < -0.3 is 0 Å². The van der Waals surface area contributed by atoms with Crippen molar-refractivity contribution in [3.05, 3.63) is 77.4 Å². The van der Waals surface area contributed by atoms with Gasteiger partial charge in [0.1, 0.15) is 0 Å². The molecule has 78 valence electrons. The summed E-state index contributed by atoms with van der Waals surface area (Å²) in [7, 11) is 0. The molecule has 0 bridgehead atoms. The van der Waals surface area contributed by atoms with Crippen LogP contribution < -0.4 is 0 Å². The van der Waals surface area contributed by atoms with Gasteiger partial charge in [-0.1, -0.05) is 66.7 Å². The molecule has 1 aliphatic carbocycles. The fourth-order valence-electron chi connectivity index (χ4n) is 2.50. The lowest BCUT2D eigenvalue weighted by atomic mass is 9.78. The van der Waals surface area contributed by atoms with E-state index in [0.29, 0.717) is 0 Å². The van der Waals surface area contributed by atoms with Crippen molar-refractivity contribution >= 4 is 6.08 Å². The molecule has 0 N–H and O–H groups in total. The minimum absolute atomic E-state index is 0.0395. The number of fused-ring (bicyclic) bond motifs is 1. The number of hydrogen-bond donors (Lipinski definition) is 0. The highest BCUT2D eigenvalue weighted by Gasteiger charge is 2.30. The predicted molar refractivity (Wildman–Crippen MR) is 68.4 cm³/mol. The van der Waals surface area contributed by atoms with Crippen molar-refractivity contribution in [2.24, 2.45) is 0 Å². The van der Waals surface area contributed by atoms with E-state index in [1.807, 2.05) is 0 Å². The largest absolute Gasteiger partial charge is 0.0692 e. The van der Waals surface area contributed by atoms with Crippen molar-refractivity contribution in [2.45, 2.75) is 12.3 Å². The molecule has 0 aromatic heterocycles. The fraction of sp³-hybridized carbons (Fsp3) is 0.125. The van der Waals surface area contributed by atoms with Crippen molar-refractivity contribution in [3.8, 4) is 0 Å². The third-order valence-corrected chi connectivity index (χ3v) is 3.49. The maximum absolute atomic E-state index is 2.30. The van der Waals surface area contributed by atoms with Crippen LogP contribution in [0.3, 0.4) is 0 Å². The summed E-state index contributed by atoms with van der Waals surface area (Å²) in [6.45, 7) is 2.28. The highest BCUT2D eigenvalue weighted by atomic mass is 14.3. The summed E-state index contributed by atoms with van der Waals surface area (Å²) in [5.41, 5.74) is 4.14. The molecule has 0 spiro atoms. The summed E-state index contributed by atoms with van der Waals surface area (Å²) in [4.78, 5) is 0. The summed E-state index contributed by atoms with van der Waals surface area (Å²) in [5, 5.41) is 0. The van der Waals surface area contributed by atoms with Gasteiger partial charge in [-0.25, -0.2) is 0 Å². The Morgan fingerprint density at radius 3 is 2.31 bits per heavy atom. The van der Waals surface area contributed by atoms with Crippen molar-refractivity contribution in [3.63, 3.8) is 0 Å². The van der Waals surface area contributed by atoms with Crippen molar-refractivity contribution in [1.29, 1.82) is 0 Å². The lowest BCUT2D eigenvalue weighted by Crippen LogP contribution is -2.18. The van der Waals surface area contributed by atoms with E-state index >= 15 is 0 Å². The molecule has 0 aliphatic heterocycles. The molecule has 16 heavy (non-hydrogen) atoms. The normalized spacial score (nSPS) is 22.1. The Kier molecular flexibility index (Phi) is 1.97. The van der Waals surface area contributed by atoms with Gasteiger partial charge in [-0.05, 0) is 23.6 Å². The summed E-state index contributed by atoms with van der Waals surface area (Å²) < 4.78 is 0. The first kappa shape index (κ1) is 9.41. The van der Waals surface area contributed by atoms with Gasteiger partial charge >= 0.3 is 0 Å². The van der Waals surface area contributed by atoms with E-state index in [1.165, 1.54) is 16.7 Å². The van der Waals surface area contributed by atoms with E-state index in [9.17, 15) is 0 Å². The van der Waals surface area contributed by atoms with Crippen molar-refractivity contribution in [1.82, 2.24) is 0 Å². The minimum Gasteiger partial charge on any atom is -0.0692 e. The molecule has 2 aromatic carbocycles. The van der Waals surface area contributed by atoms with Crippen LogP contribution in [-0.4, -0.2) is 0 Å². The Hall–Kier alpha value is -1.82. The van der Waals surface area contributed by atoms with Crippen LogP contribution in [0.4, 0.5) is 0 Å². The standard InChI is InChI=1S/C16H14/c1-16(14-8-3-2-4-9-14)12-11-13-7-5-6-10-15(13)16/h2-12H,1H3. The molecule has 0 heteroatoms. The van der Waals surface area contributed by atoms with Crippen LogP contribution in [0.1, 0.15) is 23.6 Å². The zero-order valence-corrected chi connectivity index (χ0v) is 9.35. The first-order chi connectivity index (χ1) is 7.81. The van der Waals surface area contributed by atoms with E-state index in [-0.39, 0.29) is 5.41 Å². The Morgan fingerprint density at radius 1 is 0.812 bits per heavy atom. The van der Waals surface area contributed by atoms with Crippen molar-refractivity contribution < 1.29 is 0 Å². The van der Waals surface area contributed by atoms with Gasteiger partial charge in [0.05, 0.1) is 0 Å². The minimum atomic E-state index is 0.0395.